The van der Waals surface area contributed by atoms with Crippen LogP contribution >= 0.6 is 11.6 Å². The summed E-state index contributed by atoms with van der Waals surface area (Å²) in [7, 11) is 0. The molecule has 6 heteroatoms. The number of ether oxygens (including phenoxy) is 2. The smallest absolute Gasteiger partial charge is 0.280 e. The second kappa shape index (κ2) is 12.1. The molecule has 0 saturated carbocycles. The Balaban J connectivity index is 1.77. The van der Waals surface area contributed by atoms with Crippen LogP contribution in [0, 0.1) is 6.92 Å². The summed E-state index contributed by atoms with van der Waals surface area (Å²) in [6.45, 7) is 6.47. The summed E-state index contributed by atoms with van der Waals surface area (Å²) in [5.74, 6) is 1.12. The molecule has 29 heavy (non-hydrogen) atoms. The number of carbonyl (C=O) groups is 1. The molecule has 0 saturated heterocycles. The van der Waals surface area contributed by atoms with Gasteiger partial charge in [-0.3, -0.25) is 4.79 Å². The zero-order valence-corrected chi connectivity index (χ0v) is 18.0. The Kier molecular flexibility index (Phi) is 9.51. The van der Waals surface area contributed by atoms with Crippen molar-refractivity contribution in [1.82, 2.24) is 5.43 Å². The summed E-state index contributed by atoms with van der Waals surface area (Å²) >= 11 is 5.93. The third-order valence-corrected chi connectivity index (χ3v) is 4.58. The molecule has 1 unspecified atom stereocenters. The van der Waals surface area contributed by atoms with Gasteiger partial charge in [0.1, 0.15) is 11.5 Å². The average Bonchev–Trinajstić information content (AvgIpc) is 2.71. The fourth-order valence-corrected chi connectivity index (χ4v) is 2.85. The van der Waals surface area contributed by atoms with Gasteiger partial charge in [-0.15, -0.1) is 0 Å². The number of nitrogens with one attached hydrogen (secondary N) is 1. The van der Waals surface area contributed by atoms with Gasteiger partial charge in [0, 0.05) is 5.02 Å². The maximum absolute atomic E-state index is 12.2. The second-order valence-electron chi connectivity index (χ2n) is 6.88. The Bertz CT molecular complexity index is 806. The molecule has 5 nitrogen and oxygen atoms in total. The van der Waals surface area contributed by atoms with Crippen molar-refractivity contribution in [2.45, 2.75) is 52.6 Å². The van der Waals surface area contributed by atoms with Crippen LogP contribution in [0.4, 0.5) is 0 Å². The van der Waals surface area contributed by atoms with Crippen LogP contribution in [0.3, 0.4) is 0 Å². The van der Waals surface area contributed by atoms with Crippen molar-refractivity contribution in [3.05, 3.63) is 58.6 Å². The normalized spacial score (nSPS) is 12.0. The van der Waals surface area contributed by atoms with E-state index in [0.29, 0.717) is 10.8 Å². The molecule has 0 aliphatic heterocycles. The highest BCUT2D eigenvalue weighted by Crippen LogP contribution is 2.22. The predicted molar refractivity (Wildman–Crippen MR) is 118 cm³/mol. The summed E-state index contributed by atoms with van der Waals surface area (Å²) in [4.78, 5) is 12.2. The van der Waals surface area contributed by atoms with Crippen LogP contribution in [0.5, 0.6) is 11.5 Å². The number of hydrogen-bond donors (Lipinski definition) is 1. The van der Waals surface area contributed by atoms with Gasteiger partial charge >= 0.3 is 0 Å². The van der Waals surface area contributed by atoms with E-state index in [4.69, 9.17) is 21.1 Å². The Morgan fingerprint density at radius 2 is 1.93 bits per heavy atom. The molecule has 2 aromatic carbocycles. The average molecular weight is 417 g/mol. The van der Waals surface area contributed by atoms with E-state index in [1.54, 1.807) is 31.3 Å². The zero-order valence-electron chi connectivity index (χ0n) is 17.3. The van der Waals surface area contributed by atoms with Crippen LogP contribution < -0.4 is 14.9 Å². The van der Waals surface area contributed by atoms with E-state index in [9.17, 15) is 4.79 Å². The summed E-state index contributed by atoms with van der Waals surface area (Å²) < 4.78 is 11.4. The lowest BCUT2D eigenvalue weighted by Crippen LogP contribution is -2.33. The fraction of sp³-hybridized carbons (Fsp3) is 0.391. The molecular weight excluding hydrogens is 388 g/mol. The Morgan fingerprint density at radius 3 is 2.62 bits per heavy atom. The maximum Gasteiger partial charge on any atom is 0.280 e. The molecular formula is C23H29ClN2O3. The van der Waals surface area contributed by atoms with Crippen molar-refractivity contribution in [3.8, 4) is 11.5 Å². The monoisotopic (exact) mass is 416 g/mol. The van der Waals surface area contributed by atoms with E-state index in [-0.39, 0.29) is 5.91 Å². The molecule has 0 aliphatic carbocycles. The number of amides is 1. The number of halogens is 1. The highest BCUT2D eigenvalue weighted by Gasteiger charge is 2.15. The third kappa shape index (κ3) is 8.16. The maximum atomic E-state index is 12.2. The molecule has 1 atom stereocenters. The van der Waals surface area contributed by atoms with E-state index in [2.05, 4.69) is 17.5 Å². The van der Waals surface area contributed by atoms with Crippen molar-refractivity contribution in [3.63, 3.8) is 0 Å². The molecule has 1 N–H and O–H groups in total. The van der Waals surface area contributed by atoms with Crippen LogP contribution in [0.25, 0.3) is 0 Å². The third-order valence-electron chi connectivity index (χ3n) is 4.35. The SMILES string of the molecule is CCCCCCOc1ccc(C=NNC(=O)C(C)Oc2ccc(Cl)cc2C)cc1. The molecule has 1 amide bonds. The molecule has 2 aromatic rings. The fourth-order valence-electron chi connectivity index (χ4n) is 2.62. The molecule has 0 radical (unpaired) electrons. The Morgan fingerprint density at radius 1 is 1.17 bits per heavy atom. The van der Waals surface area contributed by atoms with Crippen molar-refractivity contribution >= 4 is 23.7 Å². The van der Waals surface area contributed by atoms with Gasteiger partial charge in [-0.05, 0) is 73.9 Å². The summed E-state index contributed by atoms with van der Waals surface area (Å²) in [6.07, 6.45) is 5.63. The van der Waals surface area contributed by atoms with Gasteiger partial charge in [0.2, 0.25) is 0 Å². The Hall–Kier alpha value is -2.53. The van der Waals surface area contributed by atoms with Crippen molar-refractivity contribution in [2.24, 2.45) is 5.10 Å². The van der Waals surface area contributed by atoms with Gasteiger partial charge in [-0.2, -0.15) is 5.10 Å². The quantitative estimate of drug-likeness (QED) is 0.298. The lowest BCUT2D eigenvalue weighted by atomic mass is 10.2. The molecule has 156 valence electrons. The van der Waals surface area contributed by atoms with Gasteiger partial charge in [-0.1, -0.05) is 37.8 Å². The number of unbranched alkanes of at least 4 members (excludes halogenated alkanes) is 3. The zero-order chi connectivity index (χ0) is 21.1. The minimum Gasteiger partial charge on any atom is -0.494 e. The topological polar surface area (TPSA) is 59.9 Å². The van der Waals surface area contributed by atoms with Gasteiger partial charge in [0.05, 0.1) is 12.8 Å². The van der Waals surface area contributed by atoms with Gasteiger partial charge in [0.25, 0.3) is 5.91 Å². The van der Waals surface area contributed by atoms with Gasteiger partial charge in [-0.25, -0.2) is 5.43 Å². The number of nitrogens with zero attached hydrogens (tertiary/aromatic N) is 1. The number of rotatable bonds is 11. The molecule has 0 spiro atoms. The first-order chi connectivity index (χ1) is 14.0. The van der Waals surface area contributed by atoms with E-state index in [1.165, 1.54) is 19.3 Å². The van der Waals surface area contributed by atoms with E-state index >= 15 is 0 Å². The van der Waals surface area contributed by atoms with Crippen molar-refractivity contribution in [2.75, 3.05) is 6.61 Å². The lowest BCUT2D eigenvalue weighted by molar-refractivity contribution is -0.127. The molecule has 0 aliphatic rings. The first kappa shape index (κ1) is 22.8. The van der Waals surface area contributed by atoms with Gasteiger partial charge < -0.3 is 9.47 Å². The number of benzene rings is 2. The minimum atomic E-state index is -0.685. The van der Waals surface area contributed by atoms with Crippen LogP contribution in [0.15, 0.2) is 47.6 Å². The number of aryl methyl sites for hydroxylation is 1. The van der Waals surface area contributed by atoms with Crippen LogP contribution in [0.2, 0.25) is 5.02 Å². The summed E-state index contributed by atoms with van der Waals surface area (Å²) in [5, 5.41) is 4.63. The van der Waals surface area contributed by atoms with Crippen LogP contribution in [-0.2, 0) is 4.79 Å². The molecule has 0 aromatic heterocycles. The molecule has 0 fully saturated rings. The number of carbonyl (C=O) groups excluding carboxylic acids is 1. The molecule has 0 bridgehead atoms. The first-order valence-corrected chi connectivity index (χ1v) is 10.4. The van der Waals surface area contributed by atoms with Crippen LogP contribution in [0.1, 0.15) is 50.7 Å². The molecule has 0 heterocycles. The predicted octanol–water partition coefficient (Wildman–Crippen LogP) is 5.53. The lowest BCUT2D eigenvalue weighted by Gasteiger charge is -2.14. The standard InChI is InChI=1S/C23H29ClN2O3/c1-4-5-6-7-14-28-21-11-8-19(9-12-21)16-25-26-23(27)18(3)29-22-13-10-20(24)15-17(22)2/h8-13,15-16,18H,4-7,14H2,1-3H3,(H,26,27). The van der Waals surface area contributed by atoms with Crippen molar-refractivity contribution in [1.29, 1.82) is 0 Å². The number of hydrogen-bond acceptors (Lipinski definition) is 4. The second-order valence-corrected chi connectivity index (χ2v) is 7.32. The largest absolute Gasteiger partial charge is 0.494 e. The van der Waals surface area contributed by atoms with Crippen molar-refractivity contribution < 1.29 is 14.3 Å². The van der Waals surface area contributed by atoms with E-state index in [0.717, 1.165) is 29.9 Å². The Labute approximate surface area is 178 Å². The summed E-state index contributed by atoms with van der Waals surface area (Å²) in [5.41, 5.74) is 4.23. The van der Waals surface area contributed by atoms with E-state index in [1.807, 2.05) is 31.2 Å². The highest BCUT2D eigenvalue weighted by molar-refractivity contribution is 6.30. The minimum absolute atomic E-state index is 0.331. The van der Waals surface area contributed by atoms with Crippen LogP contribution in [-0.4, -0.2) is 24.8 Å². The van der Waals surface area contributed by atoms with Gasteiger partial charge in [0.15, 0.2) is 6.10 Å². The molecule has 2 rings (SSSR count). The number of hydrazone groups is 1. The van der Waals surface area contributed by atoms with E-state index < -0.39 is 6.10 Å². The summed E-state index contributed by atoms with van der Waals surface area (Å²) in [6, 6.07) is 12.9. The highest BCUT2D eigenvalue weighted by atomic mass is 35.5. The first-order valence-electron chi connectivity index (χ1n) is 9.98.